The van der Waals surface area contributed by atoms with Crippen LogP contribution in [0.4, 0.5) is 0 Å². The highest BCUT2D eigenvalue weighted by molar-refractivity contribution is 7.18. The van der Waals surface area contributed by atoms with E-state index < -0.39 is 4.30 Å². The molecule has 0 spiro atoms. The number of hydrogen-bond donors (Lipinski definition) is 0. The summed E-state index contributed by atoms with van der Waals surface area (Å²) < 4.78 is 3.28. The average Bonchev–Trinajstić information content (AvgIpc) is 3.74. The van der Waals surface area contributed by atoms with Gasteiger partial charge >= 0.3 is 0 Å². The van der Waals surface area contributed by atoms with Crippen molar-refractivity contribution >= 4 is 79.3 Å². The molecule has 188 valence electrons. The van der Waals surface area contributed by atoms with Crippen LogP contribution in [0, 0.1) is 0 Å². The van der Waals surface area contributed by atoms with Crippen LogP contribution in [0.1, 0.15) is 0 Å². The van der Waals surface area contributed by atoms with Crippen molar-refractivity contribution in [3.8, 4) is 30.9 Å². The number of halogens is 3. The van der Waals surface area contributed by atoms with Crippen LogP contribution in [0.2, 0.25) is 0 Å². The lowest BCUT2D eigenvalue weighted by molar-refractivity contribution is 1.09. The first-order valence-corrected chi connectivity index (χ1v) is 14.3. The first-order chi connectivity index (χ1) is 18.5. The van der Waals surface area contributed by atoms with Gasteiger partial charge in [0, 0.05) is 68.8 Å². The van der Waals surface area contributed by atoms with Crippen molar-refractivity contribution in [2.45, 2.75) is 4.30 Å². The number of imidazole rings is 2. The van der Waals surface area contributed by atoms with Gasteiger partial charge in [0.15, 0.2) is 4.30 Å². The molecule has 0 aliphatic rings. The molecule has 0 atom stereocenters. The van der Waals surface area contributed by atoms with Gasteiger partial charge in [0.25, 0.3) is 0 Å². The molecule has 7 rings (SSSR count). The van der Waals surface area contributed by atoms with E-state index in [9.17, 15) is 0 Å². The van der Waals surface area contributed by atoms with Gasteiger partial charge in [0.1, 0.15) is 10.0 Å². The van der Waals surface area contributed by atoms with E-state index in [1.165, 1.54) is 9.75 Å². The third-order valence-electron chi connectivity index (χ3n) is 5.77. The summed E-state index contributed by atoms with van der Waals surface area (Å²) in [5, 5.41) is 4.43. The molecule has 0 saturated heterocycles. The van der Waals surface area contributed by atoms with E-state index in [4.69, 9.17) is 44.8 Å². The SMILES string of the molecule is ClC(Cl)Cl.c1cn(-c2ccc(-c3cnc4c(ccc5cc(-c6ccc(-n7ccnc7)s6)cnc54)c3)s2)cn1. The maximum absolute atomic E-state index is 4.82. The van der Waals surface area contributed by atoms with E-state index in [-0.39, 0.29) is 0 Å². The Morgan fingerprint density at radius 2 is 1.08 bits per heavy atom. The third-order valence-corrected chi connectivity index (χ3v) is 8.07. The van der Waals surface area contributed by atoms with E-state index in [0.717, 1.165) is 42.9 Å². The molecule has 7 aromatic rings. The summed E-state index contributed by atoms with van der Waals surface area (Å²) in [4.78, 5) is 20.3. The van der Waals surface area contributed by atoms with E-state index in [0.29, 0.717) is 0 Å². The van der Waals surface area contributed by atoms with Crippen LogP contribution in [0.5, 0.6) is 0 Å². The molecule has 6 aromatic heterocycles. The second kappa shape index (κ2) is 10.8. The van der Waals surface area contributed by atoms with Gasteiger partial charge in [0.2, 0.25) is 0 Å². The van der Waals surface area contributed by atoms with Crippen molar-refractivity contribution in [3.05, 3.63) is 98.4 Å². The van der Waals surface area contributed by atoms with Crippen molar-refractivity contribution in [2.24, 2.45) is 0 Å². The van der Waals surface area contributed by atoms with Gasteiger partial charge in [-0.05, 0) is 36.4 Å². The molecule has 0 fully saturated rings. The van der Waals surface area contributed by atoms with Gasteiger partial charge < -0.3 is 0 Å². The van der Waals surface area contributed by atoms with E-state index in [1.807, 2.05) is 46.6 Å². The minimum Gasteiger partial charge on any atom is -0.298 e. The molecule has 6 heterocycles. The molecular weight excluding hydrogens is 579 g/mol. The summed E-state index contributed by atoms with van der Waals surface area (Å²) in [6.45, 7) is 0. The molecule has 38 heavy (non-hydrogen) atoms. The molecule has 0 aliphatic heterocycles. The molecule has 0 radical (unpaired) electrons. The molecule has 0 saturated carbocycles. The third kappa shape index (κ3) is 5.18. The van der Waals surface area contributed by atoms with E-state index >= 15 is 0 Å². The number of hydrogen-bond acceptors (Lipinski definition) is 6. The molecule has 0 N–H and O–H groups in total. The monoisotopic (exact) mass is 594 g/mol. The van der Waals surface area contributed by atoms with Crippen LogP contribution in [-0.2, 0) is 0 Å². The van der Waals surface area contributed by atoms with Crippen molar-refractivity contribution < 1.29 is 0 Å². The lowest BCUT2D eigenvalue weighted by atomic mass is 10.1. The molecule has 0 amide bonds. The first-order valence-electron chi connectivity index (χ1n) is 11.3. The fourth-order valence-electron chi connectivity index (χ4n) is 4.08. The number of fused-ring (bicyclic) bond motifs is 3. The van der Waals surface area contributed by atoms with E-state index in [1.54, 1.807) is 35.1 Å². The summed E-state index contributed by atoms with van der Waals surface area (Å²) in [6.07, 6.45) is 15.0. The summed E-state index contributed by atoms with van der Waals surface area (Å²) in [6, 6.07) is 17.1. The number of thiophene rings is 2. The smallest absolute Gasteiger partial charge is 0.180 e. The zero-order valence-corrected chi connectivity index (χ0v) is 23.3. The molecule has 0 aliphatic carbocycles. The second-order valence-electron chi connectivity index (χ2n) is 8.12. The quantitative estimate of drug-likeness (QED) is 0.151. The second-order valence-corrected chi connectivity index (χ2v) is 12.2. The molecule has 11 heteroatoms. The van der Waals surface area contributed by atoms with Crippen LogP contribution >= 0.6 is 57.5 Å². The number of pyridine rings is 2. The number of alkyl halides is 3. The number of benzene rings is 1. The van der Waals surface area contributed by atoms with Crippen LogP contribution < -0.4 is 0 Å². The molecule has 6 nitrogen and oxygen atoms in total. The van der Waals surface area contributed by atoms with Gasteiger partial charge in [-0.2, -0.15) is 0 Å². The average molecular weight is 596 g/mol. The minimum atomic E-state index is -0.750. The van der Waals surface area contributed by atoms with Crippen LogP contribution in [0.3, 0.4) is 0 Å². The van der Waals surface area contributed by atoms with Gasteiger partial charge in [0.05, 0.1) is 23.7 Å². The van der Waals surface area contributed by atoms with Crippen molar-refractivity contribution in [2.75, 3.05) is 0 Å². The normalized spacial score (nSPS) is 11.3. The van der Waals surface area contributed by atoms with Gasteiger partial charge in [-0.3, -0.25) is 19.1 Å². The lowest BCUT2D eigenvalue weighted by Gasteiger charge is -2.06. The highest BCUT2D eigenvalue weighted by atomic mass is 35.6. The van der Waals surface area contributed by atoms with Gasteiger partial charge in [-0.1, -0.05) is 46.9 Å². The Bertz CT molecular complexity index is 1690. The van der Waals surface area contributed by atoms with Gasteiger partial charge in [-0.25, -0.2) is 9.97 Å². The van der Waals surface area contributed by atoms with Crippen LogP contribution in [0.15, 0.2) is 98.4 Å². The zero-order chi connectivity index (χ0) is 26.1. The summed E-state index contributed by atoms with van der Waals surface area (Å²) in [5.74, 6) is 0. The Morgan fingerprint density at radius 1 is 0.632 bits per heavy atom. The fourth-order valence-corrected chi connectivity index (χ4v) is 5.97. The molecule has 1 aromatic carbocycles. The maximum atomic E-state index is 4.82. The Kier molecular flexibility index (Phi) is 7.14. The molecule has 0 unspecified atom stereocenters. The van der Waals surface area contributed by atoms with E-state index in [2.05, 4.69) is 58.5 Å². The lowest BCUT2D eigenvalue weighted by Crippen LogP contribution is -1.87. The topological polar surface area (TPSA) is 61.4 Å². The maximum Gasteiger partial charge on any atom is 0.180 e. The Hall–Kier alpha value is -3.27. The Morgan fingerprint density at radius 3 is 1.47 bits per heavy atom. The standard InChI is InChI=1S/C26H16N6S2.CHCl3/c1-2-18-12-20(22-4-6-24(34-22)32-10-8-28-16-32)14-30-26(18)25-17(1)11-19(13-29-25)21-3-5-23(33-21)31-9-7-27-15-31;2-1(3)4/h1-16H;1H. The largest absolute Gasteiger partial charge is 0.298 e. The van der Waals surface area contributed by atoms with Gasteiger partial charge in [-0.15, -0.1) is 22.7 Å². The minimum absolute atomic E-state index is 0.750. The van der Waals surface area contributed by atoms with Crippen LogP contribution in [-0.4, -0.2) is 33.4 Å². The predicted molar refractivity (Wildman–Crippen MR) is 159 cm³/mol. The summed E-state index contributed by atoms with van der Waals surface area (Å²) in [7, 11) is 0. The number of nitrogens with zero attached hydrogens (tertiary/aromatic N) is 6. The number of aromatic nitrogens is 6. The van der Waals surface area contributed by atoms with Crippen LogP contribution in [0.25, 0.3) is 52.7 Å². The summed E-state index contributed by atoms with van der Waals surface area (Å²) in [5.41, 5.74) is 4.05. The van der Waals surface area contributed by atoms with Crippen molar-refractivity contribution in [1.29, 1.82) is 0 Å². The predicted octanol–water partition coefficient (Wildman–Crippen LogP) is 8.60. The van der Waals surface area contributed by atoms with Crippen molar-refractivity contribution in [1.82, 2.24) is 29.1 Å². The van der Waals surface area contributed by atoms with Crippen molar-refractivity contribution in [3.63, 3.8) is 0 Å². The Balaban J connectivity index is 0.000000620. The zero-order valence-electron chi connectivity index (χ0n) is 19.4. The fraction of sp³-hybridized carbons (Fsp3) is 0.0370. The highest BCUT2D eigenvalue weighted by Crippen LogP contribution is 2.35. The summed E-state index contributed by atoms with van der Waals surface area (Å²) >= 11 is 17.9. The molecular formula is C27H17Cl3N6S2. The Labute approximate surface area is 240 Å². The first kappa shape index (κ1) is 25.0. The molecule has 0 bridgehead atoms. The number of rotatable bonds is 4. The highest BCUT2D eigenvalue weighted by Gasteiger charge is 2.11.